The summed E-state index contributed by atoms with van der Waals surface area (Å²) in [5.74, 6) is 0.640. The summed E-state index contributed by atoms with van der Waals surface area (Å²) in [6.07, 6.45) is -0.993. The zero-order valence-corrected chi connectivity index (χ0v) is 16.8. The van der Waals surface area contributed by atoms with E-state index in [1.165, 1.54) is 13.1 Å². The van der Waals surface area contributed by atoms with Crippen molar-refractivity contribution in [1.29, 1.82) is 0 Å². The lowest BCUT2D eigenvalue weighted by atomic mass is 10.0. The number of carbonyl (C=O) groups excluding carboxylic acids is 1. The Balaban J connectivity index is 1.84. The summed E-state index contributed by atoms with van der Waals surface area (Å²) in [5.41, 5.74) is 2.39. The normalized spacial score (nSPS) is 16.8. The van der Waals surface area contributed by atoms with Crippen molar-refractivity contribution in [2.75, 3.05) is 18.0 Å². The van der Waals surface area contributed by atoms with Crippen LogP contribution in [0.1, 0.15) is 55.7 Å². The second kappa shape index (κ2) is 7.03. The molecule has 0 bridgehead atoms. The highest BCUT2D eigenvalue weighted by Crippen LogP contribution is 2.40. The highest BCUT2D eigenvalue weighted by Gasteiger charge is 2.36. The molecule has 6 nitrogen and oxygen atoms in total. The van der Waals surface area contributed by atoms with Crippen molar-refractivity contribution < 1.29 is 18.0 Å². The lowest BCUT2D eigenvalue weighted by Gasteiger charge is -2.32. The lowest BCUT2D eigenvalue weighted by molar-refractivity contribution is -0.141. The van der Waals surface area contributed by atoms with Gasteiger partial charge in [-0.25, -0.2) is 0 Å². The van der Waals surface area contributed by atoms with E-state index in [0.29, 0.717) is 44.0 Å². The van der Waals surface area contributed by atoms with Crippen LogP contribution in [0.25, 0.3) is 0 Å². The molecule has 4 heterocycles. The Kier molecular flexibility index (Phi) is 4.78. The topological polar surface area (TPSA) is 54.3 Å². The third-order valence-corrected chi connectivity index (χ3v) is 5.63. The molecule has 0 unspecified atom stereocenters. The molecule has 2 aliphatic rings. The van der Waals surface area contributed by atoms with E-state index in [2.05, 4.69) is 4.98 Å². The molecule has 2 aliphatic heterocycles. The average molecular weight is 407 g/mol. The van der Waals surface area contributed by atoms with Gasteiger partial charge >= 0.3 is 6.18 Å². The Labute approximate surface area is 167 Å². The van der Waals surface area contributed by atoms with E-state index in [4.69, 9.17) is 5.10 Å². The number of alkyl halides is 3. The predicted octanol–water partition coefficient (Wildman–Crippen LogP) is 3.87. The molecule has 0 aliphatic carbocycles. The molecule has 0 atom stereocenters. The van der Waals surface area contributed by atoms with Gasteiger partial charge in [0.15, 0.2) is 5.82 Å². The minimum Gasteiger partial charge on any atom is -0.338 e. The van der Waals surface area contributed by atoms with E-state index in [0.717, 1.165) is 29.3 Å². The van der Waals surface area contributed by atoms with Crippen LogP contribution in [-0.4, -0.2) is 38.7 Å². The van der Waals surface area contributed by atoms with Gasteiger partial charge in [0.25, 0.3) is 0 Å². The number of aromatic nitrogens is 3. The van der Waals surface area contributed by atoms with E-state index < -0.39 is 11.9 Å². The predicted molar refractivity (Wildman–Crippen MR) is 102 cm³/mol. The fraction of sp³-hybridized carbons (Fsp3) is 0.550. The molecule has 0 saturated heterocycles. The fourth-order valence-corrected chi connectivity index (χ4v) is 4.18. The molecule has 0 radical (unpaired) electrons. The second-order valence-electron chi connectivity index (χ2n) is 7.93. The molecule has 0 fully saturated rings. The van der Waals surface area contributed by atoms with E-state index >= 15 is 0 Å². The first-order valence-corrected chi connectivity index (χ1v) is 9.86. The summed E-state index contributed by atoms with van der Waals surface area (Å²) in [4.78, 5) is 19.2. The van der Waals surface area contributed by atoms with Crippen molar-refractivity contribution in [1.82, 2.24) is 19.7 Å². The number of fused-ring (bicyclic) bond motifs is 2. The van der Waals surface area contributed by atoms with E-state index in [-0.39, 0.29) is 11.9 Å². The second-order valence-corrected chi connectivity index (χ2v) is 7.93. The molecule has 29 heavy (non-hydrogen) atoms. The van der Waals surface area contributed by atoms with Crippen LogP contribution in [0.5, 0.6) is 0 Å². The van der Waals surface area contributed by atoms with Crippen LogP contribution in [-0.2, 0) is 30.4 Å². The van der Waals surface area contributed by atoms with Gasteiger partial charge in [-0.05, 0) is 38.3 Å². The number of carbonyl (C=O) groups is 1. The number of hydrogen-bond acceptors (Lipinski definition) is 4. The zero-order chi connectivity index (χ0) is 20.9. The maximum Gasteiger partial charge on any atom is 0.433 e. The maximum atomic E-state index is 13.3. The number of rotatable bonds is 2. The molecule has 0 aromatic carbocycles. The number of anilines is 2. The van der Waals surface area contributed by atoms with Gasteiger partial charge in [0.1, 0.15) is 5.69 Å². The van der Waals surface area contributed by atoms with E-state index in [9.17, 15) is 18.0 Å². The maximum absolute atomic E-state index is 13.3. The zero-order valence-electron chi connectivity index (χ0n) is 16.8. The molecular weight excluding hydrogens is 383 g/mol. The van der Waals surface area contributed by atoms with Gasteiger partial charge < -0.3 is 9.80 Å². The smallest absolute Gasteiger partial charge is 0.338 e. The van der Waals surface area contributed by atoms with Gasteiger partial charge in [0, 0.05) is 55.6 Å². The summed E-state index contributed by atoms with van der Waals surface area (Å²) in [7, 11) is 0. The Morgan fingerprint density at radius 2 is 1.97 bits per heavy atom. The summed E-state index contributed by atoms with van der Waals surface area (Å²) < 4.78 is 41.7. The first kappa shape index (κ1) is 19.7. The number of halogens is 3. The van der Waals surface area contributed by atoms with Crippen molar-refractivity contribution >= 4 is 17.4 Å². The molecule has 2 aromatic heterocycles. The van der Waals surface area contributed by atoms with Crippen molar-refractivity contribution in [2.45, 2.75) is 58.8 Å². The molecule has 1 amide bonds. The Bertz CT molecular complexity index is 950. The minimum absolute atomic E-state index is 0.0125. The molecule has 156 valence electrons. The number of pyridine rings is 1. The van der Waals surface area contributed by atoms with E-state index in [1.807, 2.05) is 23.4 Å². The standard InChI is InChI=1S/C20H24F3N5O/c1-12(2)28-16-6-8-26(13(3)29)11-15(16)19(25-28)27-7-4-5-14-10-24-18(9-17(14)27)20(21,22)23/h9-10,12H,4-8,11H2,1-3H3. The number of amides is 1. The Morgan fingerprint density at radius 1 is 1.21 bits per heavy atom. The van der Waals surface area contributed by atoms with Gasteiger partial charge in [-0.2, -0.15) is 18.3 Å². The van der Waals surface area contributed by atoms with Crippen LogP contribution in [0.4, 0.5) is 24.7 Å². The Morgan fingerprint density at radius 3 is 2.62 bits per heavy atom. The van der Waals surface area contributed by atoms with Crippen LogP contribution < -0.4 is 4.90 Å². The summed E-state index contributed by atoms with van der Waals surface area (Å²) in [6.45, 7) is 7.23. The average Bonchev–Trinajstić information content (AvgIpc) is 3.05. The molecule has 0 spiro atoms. The number of hydrogen-bond donors (Lipinski definition) is 0. The van der Waals surface area contributed by atoms with Gasteiger partial charge in [0.2, 0.25) is 5.91 Å². The van der Waals surface area contributed by atoms with Crippen molar-refractivity contribution in [3.8, 4) is 0 Å². The minimum atomic E-state index is -4.50. The van der Waals surface area contributed by atoms with Crippen LogP contribution in [0.2, 0.25) is 0 Å². The van der Waals surface area contributed by atoms with Gasteiger partial charge in [0.05, 0.1) is 6.54 Å². The lowest BCUT2D eigenvalue weighted by Crippen LogP contribution is -2.35. The van der Waals surface area contributed by atoms with Crippen molar-refractivity contribution in [3.05, 3.63) is 34.8 Å². The quantitative estimate of drug-likeness (QED) is 0.759. The molecule has 2 aromatic rings. The molecular formula is C20H24F3N5O. The largest absolute Gasteiger partial charge is 0.433 e. The van der Waals surface area contributed by atoms with Gasteiger partial charge in [-0.1, -0.05) is 0 Å². The fourth-order valence-electron chi connectivity index (χ4n) is 4.18. The molecule has 0 saturated carbocycles. The first-order valence-electron chi connectivity index (χ1n) is 9.86. The van der Waals surface area contributed by atoms with Gasteiger partial charge in [-0.3, -0.25) is 14.5 Å². The van der Waals surface area contributed by atoms with Crippen LogP contribution in [0.15, 0.2) is 12.3 Å². The molecule has 4 rings (SSSR count). The molecule has 0 N–H and O–H groups in total. The highest BCUT2D eigenvalue weighted by atomic mass is 19.4. The third-order valence-electron chi connectivity index (χ3n) is 5.63. The van der Waals surface area contributed by atoms with Crippen LogP contribution >= 0.6 is 0 Å². The summed E-state index contributed by atoms with van der Waals surface area (Å²) in [5, 5.41) is 4.80. The summed E-state index contributed by atoms with van der Waals surface area (Å²) in [6, 6.07) is 1.25. The number of nitrogens with zero attached hydrogens (tertiary/aromatic N) is 5. The SMILES string of the molecule is CC(=O)N1CCc2c(c(N3CCCc4cnc(C(F)(F)F)cc43)nn2C(C)C)C1. The van der Waals surface area contributed by atoms with Gasteiger partial charge in [-0.15, -0.1) is 0 Å². The monoisotopic (exact) mass is 407 g/mol. The molecule has 9 heteroatoms. The van der Waals surface area contributed by atoms with Crippen LogP contribution in [0.3, 0.4) is 0 Å². The van der Waals surface area contributed by atoms with E-state index in [1.54, 1.807) is 4.90 Å². The first-order chi connectivity index (χ1) is 13.7. The van der Waals surface area contributed by atoms with Crippen molar-refractivity contribution in [2.24, 2.45) is 0 Å². The van der Waals surface area contributed by atoms with Crippen molar-refractivity contribution in [3.63, 3.8) is 0 Å². The highest BCUT2D eigenvalue weighted by molar-refractivity contribution is 5.75. The Hall–Kier alpha value is -2.58. The summed E-state index contributed by atoms with van der Waals surface area (Å²) >= 11 is 0. The number of aryl methyl sites for hydroxylation is 1. The van der Waals surface area contributed by atoms with Crippen LogP contribution in [0, 0.1) is 0 Å². The third kappa shape index (κ3) is 3.47.